The first-order valence-electron chi connectivity index (χ1n) is 6.65. The van der Waals surface area contributed by atoms with Gasteiger partial charge in [0, 0.05) is 37.1 Å². The molecule has 19 heavy (non-hydrogen) atoms. The molecule has 0 aliphatic rings. The van der Waals surface area contributed by atoms with Gasteiger partial charge in [-0.25, -0.2) is 9.37 Å². The van der Waals surface area contributed by atoms with Crippen molar-refractivity contribution in [2.24, 2.45) is 0 Å². The summed E-state index contributed by atoms with van der Waals surface area (Å²) in [6, 6.07) is 5.24. The van der Waals surface area contributed by atoms with Gasteiger partial charge in [0.05, 0.1) is 0 Å². The molecule has 0 radical (unpaired) electrons. The zero-order valence-electron chi connectivity index (χ0n) is 11.7. The first-order chi connectivity index (χ1) is 9.11. The fourth-order valence-electron chi connectivity index (χ4n) is 2.05. The van der Waals surface area contributed by atoms with Gasteiger partial charge in [-0.2, -0.15) is 0 Å². The Morgan fingerprint density at radius 3 is 2.84 bits per heavy atom. The maximum absolute atomic E-state index is 13.4. The van der Waals surface area contributed by atoms with E-state index in [1.165, 1.54) is 6.07 Å². The number of benzene rings is 1. The molecule has 0 unspecified atom stereocenters. The number of hydrogen-bond acceptors (Lipinski definition) is 2. The lowest BCUT2D eigenvalue weighted by atomic mass is 10.1. The minimum absolute atomic E-state index is 0.209. The number of halogens is 1. The van der Waals surface area contributed by atoms with Gasteiger partial charge in [-0.1, -0.05) is 13.8 Å². The van der Waals surface area contributed by atoms with Crippen LogP contribution < -0.4 is 5.32 Å². The van der Waals surface area contributed by atoms with Crippen LogP contribution in [-0.4, -0.2) is 15.6 Å². The molecule has 0 amide bonds. The molecule has 0 aliphatic heterocycles. The van der Waals surface area contributed by atoms with Crippen molar-refractivity contribution in [1.82, 2.24) is 14.9 Å². The summed E-state index contributed by atoms with van der Waals surface area (Å²) < 4.78 is 15.5. The van der Waals surface area contributed by atoms with Gasteiger partial charge in [-0.15, -0.1) is 0 Å². The highest BCUT2D eigenvalue weighted by Crippen LogP contribution is 2.23. The summed E-state index contributed by atoms with van der Waals surface area (Å²) in [6.45, 7) is 7.71. The molecule has 2 aromatic rings. The van der Waals surface area contributed by atoms with Gasteiger partial charge >= 0.3 is 0 Å². The Morgan fingerprint density at radius 1 is 1.37 bits per heavy atom. The van der Waals surface area contributed by atoms with Gasteiger partial charge in [-0.05, 0) is 30.7 Å². The Balaban J connectivity index is 2.39. The number of aryl methyl sites for hydroxylation is 1. The molecule has 0 saturated carbocycles. The summed E-state index contributed by atoms with van der Waals surface area (Å²) in [4.78, 5) is 4.39. The number of hydrogen-bond donors (Lipinski definition) is 1. The molecule has 0 aliphatic carbocycles. The maximum Gasteiger partial charge on any atom is 0.140 e. The molecule has 4 heteroatoms. The van der Waals surface area contributed by atoms with E-state index < -0.39 is 0 Å². The minimum Gasteiger partial charge on any atom is -0.331 e. The fraction of sp³-hybridized carbons (Fsp3) is 0.400. The second-order valence-electron chi connectivity index (χ2n) is 4.87. The molecule has 0 saturated heterocycles. The topological polar surface area (TPSA) is 29.9 Å². The molecule has 0 spiro atoms. The monoisotopic (exact) mass is 261 g/mol. The van der Waals surface area contributed by atoms with Gasteiger partial charge in [0.25, 0.3) is 0 Å². The molecule has 0 atom stereocenters. The zero-order valence-corrected chi connectivity index (χ0v) is 11.7. The predicted octanol–water partition coefficient (Wildman–Crippen LogP) is 3.21. The third-order valence-electron chi connectivity index (χ3n) is 3.07. The highest BCUT2D eigenvalue weighted by atomic mass is 19.1. The summed E-state index contributed by atoms with van der Waals surface area (Å²) in [6.07, 6.45) is 3.72. The van der Waals surface area contributed by atoms with Gasteiger partial charge in [0.15, 0.2) is 0 Å². The van der Waals surface area contributed by atoms with E-state index in [0.717, 1.165) is 23.5 Å². The molecule has 2 rings (SSSR count). The van der Waals surface area contributed by atoms with Crippen molar-refractivity contribution < 1.29 is 4.39 Å². The normalized spacial score (nSPS) is 11.2. The van der Waals surface area contributed by atoms with Crippen LogP contribution in [0.4, 0.5) is 4.39 Å². The molecule has 1 aromatic carbocycles. The van der Waals surface area contributed by atoms with Crippen molar-refractivity contribution >= 4 is 0 Å². The Morgan fingerprint density at radius 2 is 2.16 bits per heavy atom. The molecule has 1 heterocycles. The fourth-order valence-corrected chi connectivity index (χ4v) is 2.05. The van der Waals surface area contributed by atoms with Gasteiger partial charge < -0.3 is 9.88 Å². The number of imidazole rings is 1. The minimum atomic E-state index is -0.209. The number of rotatable bonds is 5. The SMILES string of the molecule is CCn1ccnc1-c1ccc(F)cc1CNC(C)C. The largest absolute Gasteiger partial charge is 0.331 e. The number of aromatic nitrogens is 2. The molecule has 3 nitrogen and oxygen atoms in total. The summed E-state index contributed by atoms with van der Waals surface area (Å²) >= 11 is 0. The van der Waals surface area contributed by atoms with Crippen LogP contribution in [0.3, 0.4) is 0 Å². The first kappa shape index (κ1) is 13.7. The highest BCUT2D eigenvalue weighted by molar-refractivity contribution is 5.60. The van der Waals surface area contributed by atoms with Crippen molar-refractivity contribution in [1.29, 1.82) is 0 Å². The quantitative estimate of drug-likeness (QED) is 0.895. The lowest BCUT2D eigenvalue weighted by Gasteiger charge is -2.13. The van der Waals surface area contributed by atoms with E-state index in [0.29, 0.717) is 12.6 Å². The average molecular weight is 261 g/mol. The third kappa shape index (κ3) is 3.20. The Kier molecular flexibility index (Phi) is 4.32. The van der Waals surface area contributed by atoms with E-state index in [9.17, 15) is 4.39 Å². The van der Waals surface area contributed by atoms with Crippen LogP contribution in [0, 0.1) is 5.82 Å². The van der Waals surface area contributed by atoms with E-state index in [4.69, 9.17) is 0 Å². The molecule has 1 aromatic heterocycles. The summed E-state index contributed by atoms with van der Waals surface area (Å²) in [5.41, 5.74) is 1.93. The zero-order chi connectivity index (χ0) is 13.8. The molecule has 102 valence electrons. The second-order valence-corrected chi connectivity index (χ2v) is 4.87. The summed E-state index contributed by atoms with van der Waals surface area (Å²) in [5, 5.41) is 3.33. The van der Waals surface area contributed by atoms with E-state index in [1.54, 1.807) is 18.3 Å². The summed E-state index contributed by atoms with van der Waals surface area (Å²) in [5.74, 6) is 0.682. The molecule has 0 fully saturated rings. The van der Waals surface area contributed by atoms with Crippen LogP contribution >= 0.6 is 0 Å². The second kappa shape index (κ2) is 5.97. The van der Waals surface area contributed by atoms with Crippen molar-refractivity contribution in [2.75, 3.05) is 0 Å². The van der Waals surface area contributed by atoms with E-state index in [1.807, 2.05) is 6.20 Å². The van der Waals surface area contributed by atoms with Crippen LogP contribution in [0.5, 0.6) is 0 Å². The van der Waals surface area contributed by atoms with E-state index in [2.05, 4.69) is 35.6 Å². The van der Waals surface area contributed by atoms with Crippen molar-refractivity contribution in [3.63, 3.8) is 0 Å². The standard InChI is InChI=1S/C15H20FN3/c1-4-19-8-7-17-15(19)14-6-5-13(16)9-12(14)10-18-11(2)3/h5-9,11,18H,4,10H2,1-3H3. The first-order valence-corrected chi connectivity index (χ1v) is 6.65. The van der Waals surface area contributed by atoms with Gasteiger partial charge in [0.1, 0.15) is 11.6 Å². The Hall–Kier alpha value is -1.68. The van der Waals surface area contributed by atoms with Crippen molar-refractivity contribution in [2.45, 2.75) is 39.9 Å². The van der Waals surface area contributed by atoms with E-state index >= 15 is 0 Å². The lowest BCUT2D eigenvalue weighted by Crippen LogP contribution is -2.22. The van der Waals surface area contributed by atoms with Gasteiger partial charge in [-0.3, -0.25) is 0 Å². The molecule has 0 bridgehead atoms. The molecule has 1 N–H and O–H groups in total. The predicted molar refractivity (Wildman–Crippen MR) is 75.3 cm³/mol. The maximum atomic E-state index is 13.4. The number of nitrogens with one attached hydrogen (secondary N) is 1. The smallest absolute Gasteiger partial charge is 0.140 e. The average Bonchev–Trinajstić information content (AvgIpc) is 2.84. The highest BCUT2D eigenvalue weighted by Gasteiger charge is 2.11. The molecular weight excluding hydrogens is 241 g/mol. The van der Waals surface area contributed by atoms with Crippen LogP contribution in [0.15, 0.2) is 30.6 Å². The lowest BCUT2D eigenvalue weighted by molar-refractivity contribution is 0.581. The summed E-state index contributed by atoms with van der Waals surface area (Å²) in [7, 11) is 0. The van der Waals surface area contributed by atoms with Crippen LogP contribution in [0.1, 0.15) is 26.3 Å². The Bertz CT molecular complexity index is 546. The van der Waals surface area contributed by atoms with Crippen molar-refractivity contribution in [3.05, 3.63) is 42.0 Å². The van der Waals surface area contributed by atoms with Crippen LogP contribution in [-0.2, 0) is 13.1 Å². The Labute approximate surface area is 113 Å². The van der Waals surface area contributed by atoms with Crippen LogP contribution in [0.25, 0.3) is 11.4 Å². The van der Waals surface area contributed by atoms with Crippen LogP contribution in [0.2, 0.25) is 0 Å². The van der Waals surface area contributed by atoms with Crippen molar-refractivity contribution in [3.8, 4) is 11.4 Å². The third-order valence-corrected chi connectivity index (χ3v) is 3.07. The number of nitrogens with zero attached hydrogens (tertiary/aromatic N) is 2. The molecular formula is C15H20FN3. The van der Waals surface area contributed by atoms with Gasteiger partial charge in [0.2, 0.25) is 0 Å². The van der Waals surface area contributed by atoms with E-state index in [-0.39, 0.29) is 5.82 Å².